The minimum atomic E-state index is -4.92. The van der Waals surface area contributed by atoms with E-state index >= 15 is 0 Å². The Morgan fingerprint density at radius 3 is 0.895 bits per heavy atom. The Morgan fingerprint density at radius 2 is 0.558 bits per heavy atom. The first-order chi connectivity index (χ1) is 46.2. The van der Waals surface area contributed by atoms with Crippen molar-refractivity contribution in [1.82, 2.24) is 0 Å². The molecule has 0 saturated carbocycles. The normalized spacial score (nSPS) is 14.6. The Kier molecular flexibility index (Phi) is 68.2. The summed E-state index contributed by atoms with van der Waals surface area (Å²) in [5, 5.41) is 20.6. The highest BCUT2D eigenvalue weighted by molar-refractivity contribution is 7.47. The van der Waals surface area contributed by atoms with Crippen molar-refractivity contribution in [2.24, 2.45) is 0 Å². The fourth-order valence-corrected chi connectivity index (χ4v) is 11.9. The van der Waals surface area contributed by atoms with Gasteiger partial charge in [0.2, 0.25) is 0 Å². The van der Waals surface area contributed by atoms with Crippen LogP contribution in [0.1, 0.15) is 329 Å². The number of phosphoric acid groups is 2. The number of carbonyl (C=O) groups is 3. The number of hydrogen-bond acceptors (Lipinski definition) is 14. The lowest BCUT2D eigenvalue weighted by Crippen LogP contribution is -2.30. The highest BCUT2D eigenvalue weighted by atomic mass is 31.2. The van der Waals surface area contributed by atoms with Gasteiger partial charge in [0.25, 0.3) is 0 Å². The Bertz CT molecular complexity index is 2070. The van der Waals surface area contributed by atoms with Crippen LogP contribution in [0.5, 0.6) is 0 Å². The number of phosphoric ester groups is 2. The Balaban J connectivity index is 4.41. The molecule has 0 saturated heterocycles. The molecular formula is C77H138O16P2. The molecule has 95 heavy (non-hydrogen) atoms. The third-order valence-corrected chi connectivity index (χ3v) is 18.0. The van der Waals surface area contributed by atoms with E-state index in [0.29, 0.717) is 19.3 Å². The van der Waals surface area contributed by atoms with Gasteiger partial charge in [0.15, 0.2) is 6.10 Å². The first kappa shape index (κ1) is 91.7. The molecule has 0 aromatic carbocycles. The molecule has 0 rings (SSSR count). The van der Waals surface area contributed by atoms with Crippen LogP contribution in [-0.4, -0.2) is 95.9 Å². The van der Waals surface area contributed by atoms with Gasteiger partial charge in [0.1, 0.15) is 25.4 Å². The van der Waals surface area contributed by atoms with Crippen LogP contribution in [0, 0.1) is 0 Å². The van der Waals surface area contributed by atoms with Crippen molar-refractivity contribution in [3.8, 4) is 0 Å². The maximum absolute atomic E-state index is 12.9. The van der Waals surface area contributed by atoms with Gasteiger partial charge in [-0.2, -0.15) is 0 Å². The molecule has 0 fully saturated rings. The summed E-state index contributed by atoms with van der Waals surface area (Å²) in [5.74, 6) is -1.57. The van der Waals surface area contributed by atoms with Gasteiger partial charge >= 0.3 is 33.6 Å². The first-order valence-corrected chi connectivity index (χ1v) is 40.9. The van der Waals surface area contributed by atoms with Gasteiger partial charge < -0.3 is 34.2 Å². The van der Waals surface area contributed by atoms with Gasteiger partial charge in [0.05, 0.1) is 26.4 Å². The van der Waals surface area contributed by atoms with E-state index in [4.69, 9.17) is 32.3 Å². The standard InChI is InChI=1S/C77H138O16P2/c1-4-7-10-13-16-19-22-25-27-28-29-30-31-32-33-34-35-36-37-38-39-40-41-42-44-47-48-51-54-57-60-63-75(80)87-66-72(78)67-89-94(83,84)90-68-73(79)69-91-95(85,86)92-71-74(93-77(82)65-62-59-56-53-50-45-24-21-18-15-12-9-6-3)70-88-76(81)64-61-58-55-52-49-46-43-26-23-20-17-14-11-8-5-2/h7,10,16,19,25-27,29-30,32-33,35-36,43,72-74,78-79H,4-6,8-9,11-15,17-18,20-24,28,31,34,37-42,44-71H2,1-3H3,(H,83,84)(H,85,86)/b10-7-,19-16-,27-25-,30-29-,33-32-,36-35-,43-26-. The minimum Gasteiger partial charge on any atom is -0.463 e. The lowest BCUT2D eigenvalue weighted by Gasteiger charge is -2.21. The highest BCUT2D eigenvalue weighted by Crippen LogP contribution is 2.45. The number of ether oxygens (including phenoxy) is 3. The summed E-state index contributed by atoms with van der Waals surface area (Å²) in [7, 11) is -9.77. The van der Waals surface area contributed by atoms with Crippen LogP contribution in [0.15, 0.2) is 85.1 Å². The van der Waals surface area contributed by atoms with Crippen molar-refractivity contribution in [3.63, 3.8) is 0 Å². The molecule has 0 heterocycles. The van der Waals surface area contributed by atoms with Crippen LogP contribution < -0.4 is 0 Å². The second-order valence-corrected chi connectivity index (χ2v) is 28.3. The molecule has 16 nitrogen and oxygen atoms in total. The zero-order valence-electron chi connectivity index (χ0n) is 60.1. The van der Waals surface area contributed by atoms with Crippen LogP contribution in [-0.2, 0) is 55.8 Å². The summed E-state index contributed by atoms with van der Waals surface area (Å²) in [6, 6.07) is 0. The molecule has 0 bridgehead atoms. The van der Waals surface area contributed by atoms with Gasteiger partial charge in [-0.1, -0.05) is 298 Å². The van der Waals surface area contributed by atoms with Crippen molar-refractivity contribution in [2.45, 2.75) is 347 Å². The van der Waals surface area contributed by atoms with Crippen molar-refractivity contribution >= 4 is 33.6 Å². The molecule has 0 radical (unpaired) electrons. The zero-order chi connectivity index (χ0) is 69.5. The number of hydrogen-bond donors (Lipinski definition) is 4. The minimum absolute atomic E-state index is 0.109. The van der Waals surface area contributed by atoms with Gasteiger partial charge in [-0.05, 0) is 96.3 Å². The van der Waals surface area contributed by atoms with E-state index in [1.807, 2.05) is 0 Å². The molecule has 4 N–H and O–H groups in total. The number of allylic oxidation sites excluding steroid dienone is 14. The van der Waals surface area contributed by atoms with E-state index in [1.165, 1.54) is 141 Å². The summed E-state index contributed by atoms with van der Waals surface area (Å²) in [6.45, 7) is 2.58. The monoisotopic (exact) mass is 1380 g/mol. The van der Waals surface area contributed by atoms with Gasteiger partial charge in [0, 0.05) is 19.3 Å². The summed E-state index contributed by atoms with van der Waals surface area (Å²) in [4.78, 5) is 58.4. The van der Waals surface area contributed by atoms with E-state index in [1.54, 1.807) is 0 Å². The van der Waals surface area contributed by atoms with Crippen molar-refractivity contribution in [1.29, 1.82) is 0 Å². The van der Waals surface area contributed by atoms with Gasteiger partial charge in [-0.25, -0.2) is 9.13 Å². The van der Waals surface area contributed by atoms with E-state index < -0.39 is 91.5 Å². The van der Waals surface area contributed by atoms with Crippen molar-refractivity contribution in [2.75, 3.05) is 39.6 Å². The molecule has 0 spiro atoms. The molecule has 0 aliphatic rings. The Hall–Kier alpha value is -3.27. The van der Waals surface area contributed by atoms with Gasteiger partial charge in [-0.3, -0.25) is 32.5 Å². The van der Waals surface area contributed by atoms with Crippen LogP contribution in [0.25, 0.3) is 0 Å². The number of carbonyl (C=O) groups excluding carboxylic acids is 3. The predicted molar refractivity (Wildman–Crippen MR) is 390 cm³/mol. The largest absolute Gasteiger partial charge is 0.472 e. The fraction of sp³-hybridized carbons (Fsp3) is 0.779. The topological polar surface area (TPSA) is 231 Å². The number of aliphatic hydroxyl groups is 2. The lowest BCUT2D eigenvalue weighted by atomic mass is 10.0. The average molecular weight is 1380 g/mol. The summed E-state index contributed by atoms with van der Waals surface area (Å²) in [6.07, 6.45) is 77.9. The van der Waals surface area contributed by atoms with E-state index in [9.17, 15) is 43.5 Å². The van der Waals surface area contributed by atoms with Crippen LogP contribution in [0.2, 0.25) is 0 Å². The average Bonchev–Trinajstić information content (AvgIpc) is 1.75. The molecule has 0 aliphatic carbocycles. The van der Waals surface area contributed by atoms with E-state index in [-0.39, 0.29) is 19.3 Å². The molecule has 5 atom stereocenters. The Labute approximate surface area is 578 Å². The predicted octanol–water partition coefficient (Wildman–Crippen LogP) is 21.7. The number of esters is 3. The van der Waals surface area contributed by atoms with Crippen LogP contribution >= 0.6 is 15.6 Å². The summed E-state index contributed by atoms with van der Waals surface area (Å²) in [5.41, 5.74) is 0. The third-order valence-electron chi connectivity index (χ3n) is 16.1. The second-order valence-electron chi connectivity index (χ2n) is 25.4. The van der Waals surface area contributed by atoms with Crippen molar-refractivity contribution < 1.29 is 75.8 Å². The molecule has 5 unspecified atom stereocenters. The summed E-state index contributed by atoms with van der Waals surface area (Å²) < 4.78 is 61.0. The first-order valence-electron chi connectivity index (χ1n) is 37.9. The maximum Gasteiger partial charge on any atom is 0.472 e. The fourth-order valence-electron chi connectivity index (χ4n) is 10.3. The molecule has 0 aromatic heterocycles. The number of unbranched alkanes of at least 4 members (excludes halogenated alkanes) is 35. The molecule has 0 amide bonds. The van der Waals surface area contributed by atoms with Crippen LogP contribution in [0.3, 0.4) is 0 Å². The third kappa shape index (κ3) is 71.8. The highest BCUT2D eigenvalue weighted by Gasteiger charge is 2.29. The van der Waals surface area contributed by atoms with Crippen LogP contribution in [0.4, 0.5) is 0 Å². The number of aliphatic hydroxyl groups excluding tert-OH is 2. The van der Waals surface area contributed by atoms with E-state index in [2.05, 4.69) is 106 Å². The van der Waals surface area contributed by atoms with E-state index in [0.717, 1.165) is 128 Å². The zero-order valence-corrected chi connectivity index (χ0v) is 61.9. The molecule has 0 aromatic rings. The smallest absolute Gasteiger partial charge is 0.463 e. The molecule has 0 aliphatic heterocycles. The lowest BCUT2D eigenvalue weighted by molar-refractivity contribution is -0.161. The molecule has 552 valence electrons. The maximum atomic E-state index is 12.9. The number of rotatable bonds is 72. The quantitative estimate of drug-likeness (QED) is 0.0146. The molecular weight excluding hydrogens is 1240 g/mol. The SMILES string of the molecule is CC/C=C\C/C=C\C/C=C\C/C=C\C/C=C\C/C=C\CCCCCCCCCCCCCCC(=O)OCC(O)COP(=O)(O)OCC(O)COP(=O)(O)OCC(COC(=O)CCCCCCC/C=C\CCCCCCCC)OC(=O)CCCCCCCCCCCCCCC. The second kappa shape index (κ2) is 70.6. The van der Waals surface area contributed by atoms with Crippen molar-refractivity contribution in [3.05, 3.63) is 85.1 Å². The Morgan fingerprint density at radius 1 is 0.305 bits per heavy atom. The molecule has 18 heteroatoms. The summed E-state index contributed by atoms with van der Waals surface area (Å²) >= 11 is 0. The van der Waals surface area contributed by atoms with Gasteiger partial charge in [-0.15, -0.1) is 0 Å².